The van der Waals surface area contributed by atoms with E-state index in [1.165, 1.54) is 34.6 Å². The second kappa shape index (κ2) is 37.4. The van der Waals surface area contributed by atoms with Gasteiger partial charge < -0.3 is 48.6 Å². The zero-order chi connectivity index (χ0) is 35.5. The molecular formula is C31H68N8O8S2. The molecule has 0 spiro atoms. The Bertz CT molecular complexity index is 970. The van der Waals surface area contributed by atoms with Crippen LogP contribution in [0.25, 0.3) is 0 Å². The fourth-order valence-electron chi connectivity index (χ4n) is 3.21. The van der Waals surface area contributed by atoms with Gasteiger partial charge in [-0.2, -0.15) is 25.3 Å². The fourth-order valence-corrected chi connectivity index (χ4v) is 3.63. The van der Waals surface area contributed by atoms with Crippen LogP contribution in [0.2, 0.25) is 0 Å². The van der Waals surface area contributed by atoms with Gasteiger partial charge in [0.15, 0.2) is 0 Å². The quantitative estimate of drug-likeness (QED) is 0.0645. The van der Waals surface area contributed by atoms with Crippen molar-refractivity contribution in [3.63, 3.8) is 0 Å². The van der Waals surface area contributed by atoms with Crippen LogP contribution in [0, 0.1) is 0 Å². The van der Waals surface area contributed by atoms with Crippen molar-refractivity contribution in [1.29, 1.82) is 0 Å². The van der Waals surface area contributed by atoms with Crippen molar-refractivity contribution >= 4 is 72.4 Å². The molecule has 0 aliphatic heterocycles. The van der Waals surface area contributed by atoms with E-state index in [9.17, 15) is 38.4 Å². The Balaban J connectivity index is -0.000000121. The largest absolute Gasteiger partial charge is 0.368 e. The summed E-state index contributed by atoms with van der Waals surface area (Å²) >= 11 is 7.93. The van der Waals surface area contributed by atoms with Gasteiger partial charge in [0.1, 0.15) is 23.9 Å². The van der Waals surface area contributed by atoms with Crippen molar-refractivity contribution in [2.24, 2.45) is 17.2 Å². The van der Waals surface area contributed by atoms with E-state index in [-0.39, 0.29) is 76.5 Å². The monoisotopic (exact) mass is 744 g/mol. The number of carbonyl (C=O) groups is 8. The molecule has 0 radical (unpaired) electrons. The highest BCUT2D eigenvalue weighted by atomic mass is 32.1. The van der Waals surface area contributed by atoms with Crippen LogP contribution in [0.15, 0.2) is 0 Å². The lowest BCUT2D eigenvalue weighted by Crippen LogP contribution is -2.47. The van der Waals surface area contributed by atoms with Gasteiger partial charge in [0, 0.05) is 45.4 Å². The standard InChI is InChI=1S/C13H24N4O4S.C11H22N4O3S.C3H6O.4CH4/c1-8(18)16-10(12(14)20)5-3-4-6-15-13(21)11(7-22)17-9(2)19;1-7(16)15-9(10(13)17)4-2-3-5-14-11(18)8(12)6-19;1-3(2)4;;;;/h10-11,22H,3-7H2,1-2H3,(H2,14,20)(H,15,21)(H,16,18)(H,17,19);8-9,19H,2-6,12H2,1H3,(H2,13,17)(H,14,18)(H,15,16);1-2H3;4*1H4. The molecule has 0 aromatic carbocycles. The molecule has 0 heterocycles. The Morgan fingerprint density at radius 2 is 0.837 bits per heavy atom. The minimum Gasteiger partial charge on any atom is -0.368 e. The Morgan fingerprint density at radius 1 is 0.531 bits per heavy atom. The Hall–Kier alpha value is -3.38. The van der Waals surface area contributed by atoms with Gasteiger partial charge in [0.05, 0.1) is 6.04 Å². The van der Waals surface area contributed by atoms with Gasteiger partial charge in [-0.3, -0.25) is 33.6 Å². The van der Waals surface area contributed by atoms with Crippen LogP contribution in [0.4, 0.5) is 0 Å². The van der Waals surface area contributed by atoms with E-state index < -0.39 is 36.0 Å². The summed E-state index contributed by atoms with van der Waals surface area (Å²) in [4.78, 5) is 87.4. The fraction of sp³-hybridized carbons (Fsp3) is 0.742. The number of hydrogen-bond acceptors (Lipinski definition) is 11. The van der Waals surface area contributed by atoms with Gasteiger partial charge in [-0.25, -0.2) is 0 Å². The number of nitrogens with one attached hydrogen (secondary N) is 5. The first kappa shape index (κ1) is 60.9. The van der Waals surface area contributed by atoms with E-state index in [1.807, 2.05) is 0 Å². The summed E-state index contributed by atoms with van der Waals surface area (Å²) in [6, 6.07) is -2.63. The third-order valence-corrected chi connectivity index (χ3v) is 6.05. The van der Waals surface area contributed by atoms with Crippen LogP contribution < -0.4 is 43.8 Å². The van der Waals surface area contributed by atoms with Crippen molar-refractivity contribution < 1.29 is 38.4 Å². The molecule has 49 heavy (non-hydrogen) atoms. The molecule has 0 aromatic rings. The summed E-state index contributed by atoms with van der Waals surface area (Å²) in [7, 11) is 0. The van der Waals surface area contributed by atoms with Crippen molar-refractivity contribution in [1.82, 2.24) is 26.6 Å². The summed E-state index contributed by atoms with van der Waals surface area (Å²) in [5, 5.41) is 12.8. The SMILES string of the molecule is C.C.C.C.CC(=O)NC(CCCCNC(=O)C(CS)NC(C)=O)C(N)=O.CC(=O)NC(CCCCNC(=O)C(N)CS)C(N)=O.CC(C)=O. The van der Waals surface area contributed by atoms with Crippen molar-refractivity contribution in [2.45, 2.75) is 127 Å². The molecule has 292 valence electrons. The maximum absolute atomic E-state index is 11.8. The molecule has 11 N–H and O–H groups in total. The van der Waals surface area contributed by atoms with Crippen LogP contribution in [-0.4, -0.2) is 95.9 Å². The number of thiol groups is 2. The minimum absolute atomic E-state index is 0. The van der Waals surface area contributed by atoms with Gasteiger partial charge in [0.2, 0.25) is 41.4 Å². The topological polar surface area (TPSA) is 275 Å². The van der Waals surface area contributed by atoms with Crippen LogP contribution in [-0.2, 0) is 38.4 Å². The molecular weight excluding hydrogens is 677 g/mol. The second-order valence-corrected chi connectivity index (χ2v) is 10.7. The van der Waals surface area contributed by atoms with Gasteiger partial charge in [-0.1, -0.05) is 29.7 Å². The third-order valence-electron chi connectivity index (χ3n) is 5.29. The smallest absolute Gasteiger partial charge is 0.243 e. The highest BCUT2D eigenvalue weighted by Crippen LogP contribution is 2.02. The molecule has 0 rings (SSSR count). The normalized spacial score (nSPS) is 11.5. The lowest BCUT2D eigenvalue weighted by atomic mass is 10.1. The molecule has 0 aliphatic rings. The lowest BCUT2D eigenvalue weighted by molar-refractivity contribution is -0.127. The average molecular weight is 745 g/mol. The molecule has 7 amide bonds. The van der Waals surface area contributed by atoms with Crippen molar-refractivity contribution in [2.75, 3.05) is 24.6 Å². The van der Waals surface area contributed by atoms with Gasteiger partial charge in [0.25, 0.3) is 0 Å². The Morgan fingerprint density at radius 3 is 1.10 bits per heavy atom. The van der Waals surface area contributed by atoms with E-state index >= 15 is 0 Å². The van der Waals surface area contributed by atoms with Crippen molar-refractivity contribution in [3.8, 4) is 0 Å². The van der Waals surface area contributed by atoms with Gasteiger partial charge in [-0.15, -0.1) is 0 Å². The molecule has 16 nitrogen and oxygen atoms in total. The van der Waals surface area contributed by atoms with Crippen LogP contribution in [0.1, 0.15) is 103 Å². The highest BCUT2D eigenvalue weighted by Gasteiger charge is 2.18. The molecule has 18 heteroatoms. The highest BCUT2D eigenvalue weighted by molar-refractivity contribution is 7.80. The Labute approximate surface area is 305 Å². The second-order valence-electron chi connectivity index (χ2n) is 10.0. The first-order chi connectivity index (χ1) is 20.9. The Kier molecular flexibility index (Phi) is 46.5. The van der Waals surface area contributed by atoms with Crippen LogP contribution in [0.3, 0.4) is 0 Å². The first-order valence-electron chi connectivity index (χ1n) is 14.3. The third kappa shape index (κ3) is 40.7. The number of Topliss-reactive ketones (excluding diaryl/α,β-unsaturated/α-hetero) is 1. The number of carbonyl (C=O) groups excluding carboxylic acids is 8. The minimum atomic E-state index is -0.697. The lowest BCUT2D eigenvalue weighted by Gasteiger charge is -2.16. The molecule has 4 atom stereocenters. The maximum Gasteiger partial charge on any atom is 0.243 e. The molecule has 0 aliphatic carbocycles. The zero-order valence-corrected chi connectivity index (χ0v) is 28.6. The number of amides is 7. The average Bonchev–Trinajstić information content (AvgIpc) is 2.92. The van der Waals surface area contributed by atoms with Gasteiger partial charge >= 0.3 is 0 Å². The number of unbranched alkanes of at least 4 members (excludes halogenated alkanes) is 2. The van der Waals surface area contributed by atoms with E-state index in [2.05, 4.69) is 51.8 Å². The molecule has 0 bridgehead atoms. The summed E-state index contributed by atoms with van der Waals surface area (Å²) in [5.41, 5.74) is 15.8. The predicted molar refractivity (Wildman–Crippen MR) is 204 cm³/mol. The summed E-state index contributed by atoms with van der Waals surface area (Å²) in [6.07, 6.45) is 3.42. The first-order valence-corrected chi connectivity index (χ1v) is 15.6. The summed E-state index contributed by atoms with van der Waals surface area (Å²) in [5.74, 6) is -1.94. The van der Waals surface area contributed by atoms with E-state index in [4.69, 9.17) is 17.2 Å². The van der Waals surface area contributed by atoms with E-state index in [0.717, 1.165) is 0 Å². The van der Waals surface area contributed by atoms with Crippen molar-refractivity contribution in [3.05, 3.63) is 0 Å². The number of nitrogens with two attached hydrogens (primary N) is 3. The maximum atomic E-state index is 11.8. The molecule has 0 saturated heterocycles. The summed E-state index contributed by atoms with van der Waals surface area (Å²) < 4.78 is 0. The van der Waals surface area contributed by atoms with Crippen LogP contribution in [0.5, 0.6) is 0 Å². The summed E-state index contributed by atoms with van der Waals surface area (Å²) in [6.45, 7) is 7.89. The number of hydrogen-bond donors (Lipinski definition) is 10. The molecule has 0 aromatic heterocycles. The van der Waals surface area contributed by atoms with E-state index in [0.29, 0.717) is 51.6 Å². The zero-order valence-electron chi connectivity index (χ0n) is 26.8. The van der Waals surface area contributed by atoms with E-state index in [1.54, 1.807) is 0 Å². The van der Waals surface area contributed by atoms with Crippen LogP contribution >= 0.6 is 25.3 Å². The molecule has 0 fully saturated rings. The molecule has 4 unspecified atom stereocenters. The molecule has 0 saturated carbocycles. The number of primary amides is 2. The number of rotatable bonds is 19. The van der Waals surface area contributed by atoms with Gasteiger partial charge in [-0.05, 0) is 52.4 Å². The predicted octanol–water partition coefficient (Wildman–Crippen LogP) is 0.357. The number of ketones is 1.